The maximum Gasteiger partial charge on any atom is 0.335 e. The lowest BCUT2D eigenvalue weighted by Crippen LogP contribution is -2.49. The number of ether oxygens (including phenoxy) is 2. The predicted octanol–water partition coefficient (Wildman–Crippen LogP) is 3.55. The van der Waals surface area contributed by atoms with E-state index in [1.165, 1.54) is 25.3 Å². The number of fused-ring (bicyclic) bond motifs is 1. The van der Waals surface area contributed by atoms with Crippen LogP contribution in [-0.2, 0) is 16.6 Å². The van der Waals surface area contributed by atoms with Gasteiger partial charge in [-0.1, -0.05) is 19.1 Å². The molecule has 1 aliphatic rings. The molecule has 1 aliphatic heterocycles. The summed E-state index contributed by atoms with van der Waals surface area (Å²) in [5, 5.41) is 19.1. The number of likely N-dealkylation sites (N-methyl/N-ethyl adjacent to an activating group) is 1. The predicted molar refractivity (Wildman–Crippen MR) is 161 cm³/mol. The van der Waals surface area contributed by atoms with Crippen LogP contribution in [-0.4, -0.2) is 86.3 Å². The van der Waals surface area contributed by atoms with Crippen molar-refractivity contribution in [1.82, 2.24) is 9.80 Å². The minimum Gasteiger partial charge on any atom is -0.497 e. The minimum absolute atomic E-state index is 0.0349. The average molecular weight is 612 g/mol. The number of aliphatic hydroxyl groups is 1. The molecule has 1 amide bonds. The Hall–Kier alpha value is -4.13. The van der Waals surface area contributed by atoms with Gasteiger partial charge in [0.15, 0.2) is 0 Å². The highest BCUT2D eigenvalue weighted by Gasteiger charge is 2.33. The number of anilines is 1. The maximum absolute atomic E-state index is 13.7. The third-order valence-corrected chi connectivity index (χ3v) is 8.83. The molecular weight excluding hydrogens is 574 g/mol. The normalized spacial score (nSPS) is 17.8. The van der Waals surface area contributed by atoms with E-state index >= 15 is 0 Å². The van der Waals surface area contributed by atoms with Crippen LogP contribution in [0.25, 0.3) is 0 Å². The van der Waals surface area contributed by atoms with Gasteiger partial charge in [-0.05, 0) is 74.1 Å². The number of hydrogen-bond donors (Lipinski definition) is 3. The summed E-state index contributed by atoms with van der Waals surface area (Å²) < 4.78 is 40.2. The summed E-state index contributed by atoms with van der Waals surface area (Å²) in [5.41, 5.74) is 1.52. The molecule has 0 unspecified atom stereocenters. The van der Waals surface area contributed by atoms with E-state index in [0.29, 0.717) is 31.1 Å². The Morgan fingerprint density at radius 1 is 1.14 bits per heavy atom. The molecule has 11 nitrogen and oxygen atoms in total. The van der Waals surface area contributed by atoms with E-state index < -0.39 is 22.0 Å². The quantitative estimate of drug-likeness (QED) is 0.296. The molecule has 12 heteroatoms. The second-order valence-corrected chi connectivity index (χ2v) is 12.5. The molecule has 0 aliphatic carbocycles. The second kappa shape index (κ2) is 13.4. The zero-order chi connectivity index (χ0) is 31.3. The van der Waals surface area contributed by atoms with Crippen molar-refractivity contribution in [3.8, 4) is 11.5 Å². The fraction of sp³-hybridized carbons (Fsp3) is 0.355. The Bertz CT molecular complexity index is 1540. The third-order valence-electron chi connectivity index (χ3n) is 7.43. The van der Waals surface area contributed by atoms with Crippen molar-refractivity contribution in [2.75, 3.05) is 38.6 Å². The summed E-state index contributed by atoms with van der Waals surface area (Å²) >= 11 is 0. The molecule has 0 aromatic heterocycles. The molecular formula is C31H37N3O8S. The molecule has 43 heavy (non-hydrogen) atoms. The van der Waals surface area contributed by atoms with Crippen molar-refractivity contribution in [2.45, 2.75) is 37.4 Å². The SMILES string of the molecule is COc1ccc(S(=O)(=O)Nc2ccc3c(c2)C(=O)N([C@H](C)CO)C[C@H](C)[C@H](CN(C)Cc2ccc(C(=O)O)cc2)O3)cc1. The number of benzene rings is 3. The highest BCUT2D eigenvalue weighted by molar-refractivity contribution is 7.92. The third kappa shape index (κ3) is 7.64. The summed E-state index contributed by atoms with van der Waals surface area (Å²) in [4.78, 5) is 28.6. The van der Waals surface area contributed by atoms with Crippen molar-refractivity contribution in [2.24, 2.45) is 5.92 Å². The number of hydrogen-bond acceptors (Lipinski definition) is 8. The first-order valence-corrected chi connectivity index (χ1v) is 15.3. The number of nitrogens with zero attached hydrogens (tertiary/aromatic N) is 2. The van der Waals surface area contributed by atoms with Crippen LogP contribution in [0.3, 0.4) is 0 Å². The number of aliphatic hydroxyl groups excluding tert-OH is 1. The summed E-state index contributed by atoms with van der Waals surface area (Å²) in [5.74, 6) is -0.645. The lowest BCUT2D eigenvalue weighted by molar-refractivity contribution is 0.0341. The molecule has 0 bridgehead atoms. The number of rotatable bonds is 11. The van der Waals surface area contributed by atoms with Gasteiger partial charge in [0.05, 0.1) is 35.8 Å². The fourth-order valence-corrected chi connectivity index (χ4v) is 5.96. The van der Waals surface area contributed by atoms with E-state index in [4.69, 9.17) is 14.6 Å². The standard InChI is InChI=1S/C31H37N3O8S/c1-20-16-34(21(2)19-35)30(36)27-15-24(32-43(39,40)26-12-10-25(41-4)11-13-26)9-14-28(27)42-29(20)18-33(3)17-22-5-7-23(8-6-22)31(37)38/h5-15,20-21,29,32,35H,16-19H2,1-4H3,(H,37,38)/t20-,21+,29-/m0/s1. The van der Waals surface area contributed by atoms with Gasteiger partial charge < -0.3 is 24.6 Å². The molecule has 3 atom stereocenters. The lowest BCUT2D eigenvalue weighted by atomic mass is 9.99. The second-order valence-electron chi connectivity index (χ2n) is 10.8. The van der Waals surface area contributed by atoms with Crippen LogP contribution in [0, 0.1) is 5.92 Å². The highest BCUT2D eigenvalue weighted by atomic mass is 32.2. The average Bonchev–Trinajstić information content (AvgIpc) is 2.99. The molecule has 0 saturated heterocycles. The van der Waals surface area contributed by atoms with Crippen LogP contribution in [0.15, 0.2) is 71.6 Å². The largest absolute Gasteiger partial charge is 0.497 e. The Labute approximate surface area is 251 Å². The molecule has 3 aromatic rings. The van der Waals surface area contributed by atoms with Gasteiger partial charge in [0, 0.05) is 31.2 Å². The topological polar surface area (TPSA) is 146 Å². The molecule has 0 spiro atoms. The summed E-state index contributed by atoms with van der Waals surface area (Å²) in [6, 6.07) is 16.7. The maximum atomic E-state index is 13.7. The number of aromatic carboxylic acids is 1. The number of carbonyl (C=O) groups is 2. The van der Waals surface area contributed by atoms with Gasteiger partial charge in [-0.25, -0.2) is 13.2 Å². The van der Waals surface area contributed by atoms with Gasteiger partial charge >= 0.3 is 5.97 Å². The molecule has 3 N–H and O–H groups in total. The number of carboxylic acids is 1. The monoisotopic (exact) mass is 611 g/mol. The van der Waals surface area contributed by atoms with Gasteiger partial charge in [0.1, 0.15) is 17.6 Å². The molecule has 0 fully saturated rings. The van der Waals surface area contributed by atoms with Crippen LogP contribution in [0.2, 0.25) is 0 Å². The van der Waals surface area contributed by atoms with Gasteiger partial charge in [-0.15, -0.1) is 0 Å². The Morgan fingerprint density at radius 3 is 2.42 bits per heavy atom. The number of nitrogens with one attached hydrogen (secondary N) is 1. The molecule has 1 heterocycles. The number of carboxylic acid groups (broad SMARTS) is 1. The van der Waals surface area contributed by atoms with Gasteiger partial charge in [-0.2, -0.15) is 0 Å². The molecule has 0 saturated carbocycles. The van der Waals surface area contributed by atoms with Crippen molar-refractivity contribution in [3.63, 3.8) is 0 Å². The highest BCUT2D eigenvalue weighted by Crippen LogP contribution is 2.31. The first-order chi connectivity index (χ1) is 20.4. The van der Waals surface area contributed by atoms with E-state index in [1.807, 2.05) is 14.0 Å². The number of carbonyl (C=O) groups excluding carboxylic acids is 1. The van der Waals surface area contributed by atoms with Gasteiger partial charge in [0.25, 0.3) is 15.9 Å². The van der Waals surface area contributed by atoms with E-state index in [9.17, 15) is 23.1 Å². The first-order valence-electron chi connectivity index (χ1n) is 13.8. The number of methoxy groups -OCH3 is 1. The lowest BCUT2D eigenvalue weighted by Gasteiger charge is -2.38. The molecule has 0 radical (unpaired) electrons. The fourth-order valence-electron chi connectivity index (χ4n) is 4.91. The van der Waals surface area contributed by atoms with Crippen molar-refractivity contribution < 1.29 is 37.7 Å². The zero-order valence-corrected chi connectivity index (χ0v) is 25.4. The van der Waals surface area contributed by atoms with Crippen molar-refractivity contribution >= 4 is 27.6 Å². The van der Waals surface area contributed by atoms with Crippen LogP contribution in [0.5, 0.6) is 11.5 Å². The van der Waals surface area contributed by atoms with Crippen LogP contribution < -0.4 is 14.2 Å². The Balaban J connectivity index is 1.60. The van der Waals surface area contributed by atoms with Crippen LogP contribution in [0.4, 0.5) is 5.69 Å². The number of amides is 1. The smallest absolute Gasteiger partial charge is 0.335 e. The first kappa shape index (κ1) is 31.8. The van der Waals surface area contributed by atoms with Crippen LogP contribution >= 0.6 is 0 Å². The van der Waals surface area contributed by atoms with E-state index in [0.717, 1.165) is 5.56 Å². The van der Waals surface area contributed by atoms with E-state index in [1.54, 1.807) is 60.4 Å². The van der Waals surface area contributed by atoms with Crippen LogP contribution in [0.1, 0.15) is 40.1 Å². The summed E-state index contributed by atoms with van der Waals surface area (Å²) in [7, 11) is -0.538. The number of sulfonamides is 1. The molecule has 4 rings (SSSR count). The molecule has 230 valence electrons. The summed E-state index contributed by atoms with van der Waals surface area (Å²) in [6.45, 7) is 4.84. The Morgan fingerprint density at radius 2 is 1.81 bits per heavy atom. The van der Waals surface area contributed by atoms with Crippen molar-refractivity contribution in [3.05, 3.63) is 83.4 Å². The van der Waals surface area contributed by atoms with E-state index in [-0.39, 0.29) is 46.2 Å². The molecule has 3 aromatic carbocycles. The van der Waals surface area contributed by atoms with E-state index in [2.05, 4.69) is 9.62 Å². The zero-order valence-electron chi connectivity index (χ0n) is 24.6. The van der Waals surface area contributed by atoms with Gasteiger partial charge in [0.2, 0.25) is 0 Å². The van der Waals surface area contributed by atoms with Crippen molar-refractivity contribution in [1.29, 1.82) is 0 Å². The van der Waals surface area contributed by atoms with Gasteiger partial charge in [-0.3, -0.25) is 14.4 Å². The minimum atomic E-state index is -3.96. The Kier molecular flexibility index (Phi) is 9.95. The summed E-state index contributed by atoms with van der Waals surface area (Å²) in [6.07, 6.45) is -0.356.